The molecule has 0 spiro atoms. The highest BCUT2D eigenvalue weighted by molar-refractivity contribution is 6.24. The van der Waals surface area contributed by atoms with Gasteiger partial charge >= 0.3 is 0 Å². The molecule has 0 aliphatic heterocycles. The van der Waals surface area contributed by atoms with E-state index in [0.29, 0.717) is 11.3 Å². The molecule has 2 nitrogen and oxygen atoms in total. The molecule has 0 amide bonds. The fourth-order valence-corrected chi connectivity index (χ4v) is 7.75. The van der Waals surface area contributed by atoms with Gasteiger partial charge in [-0.2, -0.15) is 0 Å². The van der Waals surface area contributed by atoms with Gasteiger partial charge in [0.1, 0.15) is 0 Å². The van der Waals surface area contributed by atoms with E-state index >= 15 is 0 Å². The summed E-state index contributed by atoms with van der Waals surface area (Å²) < 4.78 is 0. The van der Waals surface area contributed by atoms with Crippen molar-refractivity contribution in [2.45, 2.75) is 83.1 Å². The zero-order valence-electron chi connectivity index (χ0n) is 14.1. The predicted octanol–water partition coefficient (Wildman–Crippen LogP) is 6.12. The molecule has 4 rings (SSSR count). The van der Waals surface area contributed by atoms with Crippen LogP contribution in [-0.4, -0.2) is 5.00 Å². The van der Waals surface area contributed by atoms with Crippen LogP contribution in [0.3, 0.4) is 0 Å². The maximum Gasteiger partial charge on any atom is 0.181 e. The number of nitroso groups, excluding NO2 is 1. The van der Waals surface area contributed by atoms with Crippen LogP contribution in [0.15, 0.2) is 5.18 Å². The summed E-state index contributed by atoms with van der Waals surface area (Å²) in [7, 11) is 0. The number of hydrogen-bond donors (Lipinski definition) is 0. The molecule has 124 valence electrons. The summed E-state index contributed by atoms with van der Waals surface area (Å²) in [5.74, 6) is 3.25. The Morgan fingerprint density at radius 2 is 1.68 bits per heavy atom. The fraction of sp³-hybridized carbons (Fsp3) is 1.00. The van der Waals surface area contributed by atoms with Crippen molar-refractivity contribution in [2.75, 3.05) is 0 Å². The van der Waals surface area contributed by atoms with Crippen molar-refractivity contribution in [1.82, 2.24) is 0 Å². The minimum Gasteiger partial charge on any atom is -0.149 e. The lowest BCUT2D eigenvalue weighted by molar-refractivity contribution is -0.107. The van der Waals surface area contributed by atoms with Crippen LogP contribution < -0.4 is 0 Å². The second kappa shape index (κ2) is 4.94. The zero-order chi connectivity index (χ0) is 15.6. The van der Waals surface area contributed by atoms with Crippen LogP contribution in [0.5, 0.6) is 0 Å². The van der Waals surface area contributed by atoms with Crippen LogP contribution in [-0.2, 0) is 0 Å². The number of fused-ring (bicyclic) bond motifs is 5. The van der Waals surface area contributed by atoms with Crippen molar-refractivity contribution >= 4 is 11.6 Å². The van der Waals surface area contributed by atoms with Crippen molar-refractivity contribution in [3.8, 4) is 0 Å². The Morgan fingerprint density at radius 3 is 2.45 bits per heavy atom. The van der Waals surface area contributed by atoms with E-state index in [1.165, 1.54) is 44.9 Å². The molecule has 0 N–H and O–H groups in total. The van der Waals surface area contributed by atoms with Crippen LogP contribution in [0.2, 0.25) is 0 Å². The lowest BCUT2D eigenvalue weighted by Gasteiger charge is -2.60. The SMILES string of the molecule is C[C@]12CCCC[C@@H]1CC[C@H]1[C@H]3CC[C@](Cl)(N=O)[C@]3(C)CC[C@@H]12. The topological polar surface area (TPSA) is 29.4 Å². The van der Waals surface area contributed by atoms with Gasteiger partial charge in [0.05, 0.1) is 0 Å². The molecule has 0 aromatic rings. The van der Waals surface area contributed by atoms with E-state index in [2.05, 4.69) is 19.0 Å². The third-order valence-electron chi connectivity index (χ3n) is 8.78. The minimum atomic E-state index is -0.826. The van der Waals surface area contributed by atoms with Gasteiger partial charge in [-0.05, 0) is 85.6 Å². The Kier molecular flexibility index (Phi) is 3.46. The summed E-state index contributed by atoms with van der Waals surface area (Å²) in [6.07, 6.45) is 12.8. The maximum atomic E-state index is 11.5. The Balaban J connectivity index is 1.66. The quantitative estimate of drug-likeness (QED) is 0.324. The molecular formula is C19H30ClNO. The Labute approximate surface area is 139 Å². The van der Waals surface area contributed by atoms with Crippen LogP contribution >= 0.6 is 11.6 Å². The first-order valence-corrected chi connectivity index (χ1v) is 9.86. The highest BCUT2D eigenvalue weighted by Crippen LogP contribution is 2.69. The monoisotopic (exact) mass is 323 g/mol. The Bertz CT molecular complexity index is 482. The second-order valence-electron chi connectivity index (χ2n) is 9.25. The number of hydrogen-bond acceptors (Lipinski definition) is 2. The van der Waals surface area contributed by atoms with Crippen molar-refractivity contribution in [2.24, 2.45) is 39.7 Å². The first kappa shape index (κ1) is 15.4. The minimum absolute atomic E-state index is 0.0602. The number of rotatable bonds is 1. The molecule has 4 aliphatic carbocycles. The van der Waals surface area contributed by atoms with Gasteiger partial charge in [0.2, 0.25) is 0 Å². The van der Waals surface area contributed by atoms with E-state index in [1.807, 2.05) is 0 Å². The summed E-state index contributed by atoms with van der Waals surface area (Å²) in [5, 5.41) is 3.43. The third-order valence-corrected chi connectivity index (χ3v) is 9.47. The molecule has 7 atom stereocenters. The van der Waals surface area contributed by atoms with E-state index in [4.69, 9.17) is 11.6 Å². The van der Waals surface area contributed by atoms with Gasteiger partial charge < -0.3 is 0 Å². The first-order chi connectivity index (χ1) is 10.4. The average Bonchev–Trinajstić information content (AvgIpc) is 2.79. The molecule has 0 saturated heterocycles. The van der Waals surface area contributed by atoms with Crippen molar-refractivity contribution in [3.63, 3.8) is 0 Å². The number of nitrogens with zero attached hydrogens (tertiary/aromatic N) is 1. The van der Waals surface area contributed by atoms with E-state index in [9.17, 15) is 4.91 Å². The molecule has 0 aromatic heterocycles. The van der Waals surface area contributed by atoms with Gasteiger partial charge in [-0.1, -0.05) is 38.3 Å². The molecule has 0 heterocycles. The second-order valence-corrected chi connectivity index (χ2v) is 9.87. The van der Waals surface area contributed by atoms with Crippen molar-refractivity contribution in [3.05, 3.63) is 4.91 Å². The zero-order valence-corrected chi connectivity index (χ0v) is 14.9. The largest absolute Gasteiger partial charge is 0.181 e. The molecular weight excluding hydrogens is 294 g/mol. The summed E-state index contributed by atoms with van der Waals surface area (Å²) >= 11 is 6.69. The standard InChI is InChI=1S/C19H30ClNO/c1-17-10-4-3-5-13(17)6-7-14-15(17)8-11-18(2)16(14)9-12-19(18,20)21-22/h13-16H,3-12H2,1-2H3/t13-,14-,15+,16-,17+,18-,19+/m1/s1. The van der Waals surface area contributed by atoms with E-state index in [0.717, 1.165) is 37.0 Å². The van der Waals surface area contributed by atoms with Crippen LogP contribution in [0.4, 0.5) is 0 Å². The Hall–Kier alpha value is -0.110. The number of alkyl halides is 1. The summed E-state index contributed by atoms with van der Waals surface area (Å²) in [5.41, 5.74) is 0.504. The highest BCUT2D eigenvalue weighted by Gasteiger charge is 2.65. The van der Waals surface area contributed by atoms with Crippen molar-refractivity contribution < 1.29 is 0 Å². The van der Waals surface area contributed by atoms with Crippen molar-refractivity contribution in [1.29, 1.82) is 0 Å². The van der Waals surface area contributed by atoms with Gasteiger partial charge in [-0.25, -0.2) is 0 Å². The molecule has 3 heteroatoms. The third kappa shape index (κ3) is 1.79. The fourth-order valence-electron chi connectivity index (χ4n) is 7.41. The smallest absolute Gasteiger partial charge is 0.149 e. The van der Waals surface area contributed by atoms with Gasteiger partial charge in [-0.3, -0.25) is 0 Å². The molecule has 4 saturated carbocycles. The molecule has 4 fully saturated rings. The van der Waals surface area contributed by atoms with Crippen LogP contribution in [0.1, 0.15) is 78.1 Å². The lowest BCUT2D eigenvalue weighted by Crippen LogP contribution is -2.54. The van der Waals surface area contributed by atoms with E-state index < -0.39 is 5.00 Å². The first-order valence-electron chi connectivity index (χ1n) is 9.48. The lowest BCUT2D eigenvalue weighted by atomic mass is 9.45. The highest BCUT2D eigenvalue weighted by atomic mass is 35.5. The summed E-state index contributed by atoms with van der Waals surface area (Å²) in [6.45, 7) is 4.86. The number of halogens is 1. The average molecular weight is 324 g/mol. The molecule has 4 aliphatic rings. The predicted molar refractivity (Wildman–Crippen MR) is 90.7 cm³/mol. The van der Waals surface area contributed by atoms with Gasteiger partial charge in [0.15, 0.2) is 5.00 Å². The van der Waals surface area contributed by atoms with Gasteiger partial charge in [-0.15, -0.1) is 4.91 Å². The normalized spacial score (nSPS) is 57.6. The van der Waals surface area contributed by atoms with Crippen LogP contribution in [0, 0.1) is 39.4 Å². The maximum absolute atomic E-state index is 11.5. The van der Waals surface area contributed by atoms with Gasteiger partial charge in [0, 0.05) is 5.41 Å². The van der Waals surface area contributed by atoms with Crippen LogP contribution in [0.25, 0.3) is 0 Å². The molecule has 0 radical (unpaired) electrons. The molecule has 0 unspecified atom stereocenters. The Morgan fingerprint density at radius 1 is 0.909 bits per heavy atom. The van der Waals surface area contributed by atoms with E-state index in [1.54, 1.807) is 0 Å². The summed E-state index contributed by atoms with van der Waals surface area (Å²) in [6, 6.07) is 0. The molecule has 22 heavy (non-hydrogen) atoms. The van der Waals surface area contributed by atoms with E-state index in [-0.39, 0.29) is 5.41 Å². The summed E-state index contributed by atoms with van der Waals surface area (Å²) in [4.78, 5) is 10.6. The van der Waals surface area contributed by atoms with Gasteiger partial charge in [0.25, 0.3) is 0 Å². The molecule has 0 bridgehead atoms. The molecule has 0 aromatic carbocycles.